The van der Waals surface area contributed by atoms with Gasteiger partial charge >= 0.3 is 0 Å². The van der Waals surface area contributed by atoms with Crippen LogP contribution in [-0.4, -0.2) is 37.6 Å². The fourth-order valence-electron chi connectivity index (χ4n) is 2.84. The first kappa shape index (κ1) is 13.6. The lowest BCUT2D eigenvalue weighted by atomic mass is 10.2. The fraction of sp³-hybridized carbons (Fsp3) is 0.533. The Morgan fingerprint density at radius 2 is 1.85 bits per heavy atom. The van der Waals surface area contributed by atoms with Crippen molar-refractivity contribution >= 4 is 15.7 Å². The van der Waals surface area contributed by atoms with E-state index < -0.39 is 9.84 Å². The molecule has 1 atom stereocenters. The molecule has 0 unspecified atom stereocenters. The maximum atomic E-state index is 12.4. The van der Waals surface area contributed by atoms with Gasteiger partial charge in [0.2, 0.25) is 5.91 Å². The number of hydrogen-bond acceptors (Lipinski definition) is 3. The molecule has 4 nitrogen and oxygen atoms in total. The van der Waals surface area contributed by atoms with Crippen LogP contribution in [-0.2, 0) is 14.6 Å². The van der Waals surface area contributed by atoms with Gasteiger partial charge in [-0.05, 0) is 37.8 Å². The third kappa shape index (κ3) is 2.73. The summed E-state index contributed by atoms with van der Waals surface area (Å²) in [6.07, 6.45) is 3.64. The molecule has 0 radical (unpaired) electrons. The highest BCUT2D eigenvalue weighted by Crippen LogP contribution is 2.34. The lowest BCUT2D eigenvalue weighted by Gasteiger charge is -2.24. The van der Waals surface area contributed by atoms with Gasteiger partial charge in [0, 0.05) is 18.5 Å². The number of likely N-dealkylation sites (tertiary alicyclic amines) is 1. The molecule has 0 N–H and O–H groups in total. The molecule has 1 amide bonds. The maximum Gasteiger partial charge on any atom is 0.225 e. The molecule has 0 bridgehead atoms. The number of benzene rings is 1. The SMILES string of the molecule is O=C(C1CC1)N1CCC[C@H]1CS(=O)(=O)c1ccccc1. The number of nitrogens with zero attached hydrogens (tertiary/aromatic N) is 1. The minimum atomic E-state index is -3.31. The zero-order valence-electron chi connectivity index (χ0n) is 11.4. The van der Waals surface area contributed by atoms with E-state index in [0.717, 1.165) is 25.7 Å². The molecule has 20 heavy (non-hydrogen) atoms. The molecular weight excluding hydrogens is 274 g/mol. The van der Waals surface area contributed by atoms with E-state index in [0.29, 0.717) is 11.4 Å². The first-order chi connectivity index (χ1) is 9.58. The van der Waals surface area contributed by atoms with Crippen LogP contribution in [0.2, 0.25) is 0 Å². The second-order valence-electron chi connectivity index (χ2n) is 5.70. The van der Waals surface area contributed by atoms with Gasteiger partial charge in [0.25, 0.3) is 0 Å². The molecule has 108 valence electrons. The van der Waals surface area contributed by atoms with Gasteiger partial charge in [-0.3, -0.25) is 4.79 Å². The highest BCUT2D eigenvalue weighted by Gasteiger charge is 2.39. The molecule has 1 aliphatic carbocycles. The fourth-order valence-corrected chi connectivity index (χ4v) is 4.46. The Morgan fingerprint density at radius 1 is 1.15 bits per heavy atom. The van der Waals surface area contributed by atoms with Crippen LogP contribution in [0.4, 0.5) is 0 Å². The number of carbonyl (C=O) groups is 1. The van der Waals surface area contributed by atoms with Crippen molar-refractivity contribution in [2.24, 2.45) is 5.92 Å². The third-order valence-corrected chi connectivity index (χ3v) is 5.91. The minimum Gasteiger partial charge on any atom is -0.338 e. The van der Waals surface area contributed by atoms with Gasteiger partial charge in [-0.25, -0.2) is 8.42 Å². The molecule has 3 rings (SSSR count). The number of rotatable bonds is 4. The first-order valence-corrected chi connectivity index (χ1v) is 8.81. The van der Waals surface area contributed by atoms with Crippen molar-refractivity contribution < 1.29 is 13.2 Å². The summed E-state index contributed by atoms with van der Waals surface area (Å²) in [7, 11) is -3.31. The second kappa shape index (κ2) is 5.20. The average molecular weight is 293 g/mol. The summed E-state index contributed by atoms with van der Waals surface area (Å²) in [4.78, 5) is 14.3. The van der Waals surface area contributed by atoms with Crippen LogP contribution in [0.5, 0.6) is 0 Å². The zero-order chi connectivity index (χ0) is 14.2. The van der Waals surface area contributed by atoms with E-state index in [1.54, 1.807) is 35.2 Å². The topological polar surface area (TPSA) is 54.5 Å². The summed E-state index contributed by atoms with van der Waals surface area (Å²) < 4.78 is 24.8. The Balaban J connectivity index is 1.74. The van der Waals surface area contributed by atoms with Gasteiger partial charge in [-0.1, -0.05) is 18.2 Å². The number of hydrogen-bond donors (Lipinski definition) is 0. The molecule has 1 aromatic rings. The number of carbonyl (C=O) groups excluding carboxylic acids is 1. The van der Waals surface area contributed by atoms with Crippen molar-refractivity contribution in [3.63, 3.8) is 0 Å². The molecule has 1 aliphatic heterocycles. The van der Waals surface area contributed by atoms with Crippen LogP contribution in [0.3, 0.4) is 0 Å². The standard InChI is InChI=1S/C15H19NO3S/c17-15(12-8-9-12)16-10-4-5-13(16)11-20(18,19)14-6-2-1-3-7-14/h1-3,6-7,12-13H,4-5,8-11H2/t13-/m0/s1. The highest BCUT2D eigenvalue weighted by atomic mass is 32.2. The monoisotopic (exact) mass is 293 g/mol. The van der Waals surface area contributed by atoms with E-state index in [1.165, 1.54) is 0 Å². The van der Waals surface area contributed by atoms with Crippen molar-refractivity contribution in [2.45, 2.75) is 36.6 Å². The largest absolute Gasteiger partial charge is 0.338 e. The quantitative estimate of drug-likeness (QED) is 0.851. The van der Waals surface area contributed by atoms with Gasteiger partial charge in [0.05, 0.1) is 10.6 Å². The summed E-state index contributed by atoms with van der Waals surface area (Å²) in [5.74, 6) is 0.376. The van der Waals surface area contributed by atoms with Gasteiger partial charge in [-0.15, -0.1) is 0 Å². The molecule has 0 aromatic heterocycles. The predicted molar refractivity (Wildman–Crippen MR) is 76.0 cm³/mol. The van der Waals surface area contributed by atoms with E-state index >= 15 is 0 Å². The van der Waals surface area contributed by atoms with Crippen molar-refractivity contribution in [2.75, 3.05) is 12.3 Å². The van der Waals surface area contributed by atoms with Gasteiger partial charge in [0.1, 0.15) is 0 Å². The lowest BCUT2D eigenvalue weighted by Crippen LogP contribution is -2.40. The molecule has 0 spiro atoms. The van der Waals surface area contributed by atoms with Crippen LogP contribution in [0.1, 0.15) is 25.7 Å². The van der Waals surface area contributed by atoms with E-state index in [2.05, 4.69) is 0 Å². The highest BCUT2D eigenvalue weighted by molar-refractivity contribution is 7.91. The van der Waals surface area contributed by atoms with Crippen molar-refractivity contribution in [1.29, 1.82) is 0 Å². The van der Waals surface area contributed by atoms with Gasteiger partial charge in [-0.2, -0.15) is 0 Å². The van der Waals surface area contributed by atoms with Crippen molar-refractivity contribution in [3.05, 3.63) is 30.3 Å². The lowest BCUT2D eigenvalue weighted by molar-refractivity contribution is -0.132. The summed E-state index contributed by atoms with van der Waals surface area (Å²) in [6, 6.07) is 8.36. The van der Waals surface area contributed by atoms with E-state index in [9.17, 15) is 13.2 Å². The molecule has 2 fully saturated rings. The van der Waals surface area contributed by atoms with Crippen molar-refractivity contribution in [3.8, 4) is 0 Å². The maximum absolute atomic E-state index is 12.4. The summed E-state index contributed by atoms with van der Waals surface area (Å²) in [6.45, 7) is 0.713. The molecule has 1 saturated heterocycles. The van der Waals surface area contributed by atoms with Crippen LogP contribution in [0.15, 0.2) is 35.2 Å². The zero-order valence-corrected chi connectivity index (χ0v) is 12.2. The number of sulfone groups is 1. The van der Waals surface area contributed by atoms with E-state index in [-0.39, 0.29) is 23.6 Å². The summed E-state index contributed by atoms with van der Waals surface area (Å²) in [5.41, 5.74) is 0. The minimum absolute atomic E-state index is 0.0511. The summed E-state index contributed by atoms with van der Waals surface area (Å²) >= 11 is 0. The Bertz CT molecular complexity index is 593. The smallest absolute Gasteiger partial charge is 0.225 e. The molecule has 1 saturated carbocycles. The average Bonchev–Trinajstić information content (AvgIpc) is 3.20. The van der Waals surface area contributed by atoms with Gasteiger partial charge < -0.3 is 4.90 Å². The molecule has 2 aliphatic rings. The van der Waals surface area contributed by atoms with E-state index in [1.807, 2.05) is 0 Å². The molecule has 1 heterocycles. The van der Waals surface area contributed by atoms with E-state index in [4.69, 9.17) is 0 Å². The Hall–Kier alpha value is -1.36. The Labute approximate surface area is 119 Å². The summed E-state index contributed by atoms with van der Waals surface area (Å²) in [5, 5.41) is 0. The normalized spacial score (nSPS) is 23.0. The van der Waals surface area contributed by atoms with Gasteiger partial charge in [0.15, 0.2) is 9.84 Å². The van der Waals surface area contributed by atoms with Crippen LogP contribution >= 0.6 is 0 Å². The Kier molecular flexibility index (Phi) is 3.54. The third-order valence-electron chi connectivity index (χ3n) is 4.10. The van der Waals surface area contributed by atoms with Crippen LogP contribution in [0, 0.1) is 5.92 Å². The van der Waals surface area contributed by atoms with Crippen LogP contribution < -0.4 is 0 Å². The first-order valence-electron chi connectivity index (χ1n) is 7.16. The Morgan fingerprint density at radius 3 is 2.50 bits per heavy atom. The molecular formula is C15H19NO3S. The molecule has 1 aromatic carbocycles. The van der Waals surface area contributed by atoms with Crippen LogP contribution in [0.25, 0.3) is 0 Å². The molecule has 5 heteroatoms. The number of amides is 1. The van der Waals surface area contributed by atoms with Crippen molar-refractivity contribution in [1.82, 2.24) is 4.90 Å². The second-order valence-corrected chi connectivity index (χ2v) is 7.73. The predicted octanol–water partition coefficient (Wildman–Crippen LogP) is 1.86.